The number of anilines is 1. The minimum atomic E-state index is -0.108. The predicted octanol–water partition coefficient (Wildman–Crippen LogP) is 1.91. The van der Waals surface area contributed by atoms with Crippen LogP contribution in [0.2, 0.25) is 0 Å². The van der Waals surface area contributed by atoms with Gasteiger partial charge >= 0.3 is 6.03 Å². The molecule has 0 aromatic carbocycles. The van der Waals surface area contributed by atoms with Crippen LogP contribution in [-0.4, -0.2) is 34.8 Å². The molecule has 0 aliphatic carbocycles. The van der Waals surface area contributed by atoms with Crippen molar-refractivity contribution in [3.05, 3.63) is 24.5 Å². The number of aromatic nitrogens is 1. The van der Waals surface area contributed by atoms with E-state index < -0.39 is 0 Å². The summed E-state index contributed by atoms with van der Waals surface area (Å²) in [5, 5.41) is 2.82. The van der Waals surface area contributed by atoms with E-state index in [2.05, 4.69) is 10.3 Å². The largest absolute Gasteiger partial charge is 0.324 e. The van der Waals surface area contributed by atoms with Crippen molar-refractivity contribution < 1.29 is 9.59 Å². The Morgan fingerprint density at radius 3 is 2.44 bits per heavy atom. The zero-order valence-corrected chi connectivity index (χ0v) is 10.4. The number of piperidine rings is 1. The normalized spacial score (nSPS) is 16.4. The minimum absolute atomic E-state index is 0.108. The number of nitrogens with one attached hydrogen (secondary N) is 1. The zero-order chi connectivity index (χ0) is 13.0. The molecule has 2 heterocycles. The van der Waals surface area contributed by atoms with Crippen LogP contribution in [0.4, 0.5) is 10.5 Å². The van der Waals surface area contributed by atoms with Crippen molar-refractivity contribution in [2.24, 2.45) is 5.92 Å². The third kappa shape index (κ3) is 3.06. The molecule has 2 rings (SSSR count). The van der Waals surface area contributed by atoms with Gasteiger partial charge in [0.15, 0.2) is 0 Å². The molecule has 1 saturated heterocycles. The van der Waals surface area contributed by atoms with Crippen LogP contribution in [0.1, 0.15) is 19.8 Å². The lowest BCUT2D eigenvalue weighted by Gasteiger charge is -2.30. The first kappa shape index (κ1) is 12.5. The molecule has 1 aliphatic rings. The fraction of sp³-hybridized carbons (Fsp3) is 0.462. The van der Waals surface area contributed by atoms with Crippen molar-refractivity contribution in [1.82, 2.24) is 9.88 Å². The van der Waals surface area contributed by atoms with E-state index in [0.717, 1.165) is 18.5 Å². The van der Waals surface area contributed by atoms with Crippen LogP contribution in [-0.2, 0) is 4.79 Å². The molecule has 0 atom stereocenters. The second-order valence-electron chi connectivity index (χ2n) is 4.54. The number of ketones is 1. The van der Waals surface area contributed by atoms with E-state index in [4.69, 9.17) is 0 Å². The molecule has 18 heavy (non-hydrogen) atoms. The molecule has 0 spiro atoms. The van der Waals surface area contributed by atoms with Gasteiger partial charge in [0.2, 0.25) is 0 Å². The highest BCUT2D eigenvalue weighted by atomic mass is 16.2. The standard InChI is InChI=1S/C13H17N3O2/c1-10(17)11-4-8-16(9-5-11)13(18)15-12-2-6-14-7-3-12/h2-3,6-7,11H,4-5,8-9H2,1H3,(H,14,15,18). The Hall–Kier alpha value is -1.91. The molecule has 0 bridgehead atoms. The van der Waals surface area contributed by atoms with Crippen LogP contribution in [0.15, 0.2) is 24.5 Å². The highest BCUT2D eigenvalue weighted by Crippen LogP contribution is 2.18. The Labute approximate surface area is 106 Å². The van der Waals surface area contributed by atoms with Crippen LogP contribution in [0.3, 0.4) is 0 Å². The van der Waals surface area contributed by atoms with E-state index in [1.807, 2.05) is 0 Å². The second-order valence-corrected chi connectivity index (χ2v) is 4.54. The van der Waals surface area contributed by atoms with Gasteiger partial charge in [0.05, 0.1) is 0 Å². The molecule has 1 aromatic heterocycles. The van der Waals surface area contributed by atoms with Gasteiger partial charge in [0.25, 0.3) is 0 Å². The lowest BCUT2D eigenvalue weighted by molar-refractivity contribution is -0.121. The van der Waals surface area contributed by atoms with Crippen LogP contribution >= 0.6 is 0 Å². The second kappa shape index (κ2) is 5.62. The highest BCUT2D eigenvalue weighted by molar-refractivity contribution is 5.89. The van der Waals surface area contributed by atoms with Crippen molar-refractivity contribution >= 4 is 17.5 Å². The Morgan fingerprint density at radius 1 is 1.28 bits per heavy atom. The quantitative estimate of drug-likeness (QED) is 0.868. The molecule has 5 heteroatoms. The van der Waals surface area contributed by atoms with Crippen LogP contribution in [0.5, 0.6) is 0 Å². The molecule has 5 nitrogen and oxygen atoms in total. The number of hydrogen-bond acceptors (Lipinski definition) is 3. The van der Waals surface area contributed by atoms with Crippen molar-refractivity contribution in [3.63, 3.8) is 0 Å². The number of carbonyl (C=O) groups is 2. The average Bonchev–Trinajstić information content (AvgIpc) is 2.40. The number of likely N-dealkylation sites (tertiary alicyclic amines) is 1. The predicted molar refractivity (Wildman–Crippen MR) is 68.2 cm³/mol. The molecule has 1 fully saturated rings. The maximum absolute atomic E-state index is 12.0. The topological polar surface area (TPSA) is 62.3 Å². The van der Waals surface area contributed by atoms with Crippen LogP contribution < -0.4 is 5.32 Å². The minimum Gasteiger partial charge on any atom is -0.324 e. The van der Waals surface area contributed by atoms with Gasteiger partial charge in [-0.1, -0.05) is 0 Å². The number of urea groups is 1. The van der Waals surface area contributed by atoms with Gasteiger partial charge in [-0.3, -0.25) is 9.78 Å². The number of amides is 2. The van der Waals surface area contributed by atoms with Gasteiger partial charge in [-0.25, -0.2) is 4.79 Å². The summed E-state index contributed by atoms with van der Waals surface area (Å²) in [4.78, 5) is 28.8. The van der Waals surface area contributed by atoms with Crippen LogP contribution in [0, 0.1) is 5.92 Å². The van der Waals surface area contributed by atoms with E-state index in [1.54, 1.807) is 36.4 Å². The average molecular weight is 247 g/mol. The van der Waals surface area contributed by atoms with Crippen molar-refractivity contribution in [1.29, 1.82) is 0 Å². The number of carbonyl (C=O) groups excluding carboxylic acids is 2. The lowest BCUT2D eigenvalue weighted by atomic mass is 9.93. The molecule has 2 amide bonds. The Kier molecular flexibility index (Phi) is 3.92. The summed E-state index contributed by atoms with van der Waals surface area (Å²) in [5.41, 5.74) is 0.740. The first-order valence-corrected chi connectivity index (χ1v) is 6.13. The van der Waals surface area contributed by atoms with Crippen molar-refractivity contribution in [2.75, 3.05) is 18.4 Å². The molecule has 1 N–H and O–H groups in total. The lowest BCUT2D eigenvalue weighted by Crippen LogP contribution is -2.42. The summed E-state index contributed by atoms with van der Waals surface area (Å²) in [5.74, 6) is 0.346. The molecule has 0 saturated carbocycles. The smallest absolute Gasteiger partial charge is 0.321 e. The van der Waals surface area contributed by atoms with Gasteiger partial charge in [-0.2, -0.15) is 0 Å². The van der Waals surface area contributed by atoms with Gasteiger partial charge in [0.1, 0.15) is 5.78 Å². The Morgan fingerprint density at radius 2 is 1.89 bits per heavy atom. The van der Waals surface area contributed by atoms with Crippen molar-refractivity contribution in [2.45, 2.75) is 19.8 Å². The fourth-order valence-corrected chi connectivity index (χ4v) is 2.13. The summed E-state index contributed by atoms with van der Waals surface area (Å²) in [6, 6.07) is 3.39. The molecular formula is C13H17N3O2. The molecule has 1 aromatic rings. The maximum atomic E-state index is 12.0. The number of hydrogen-bond donors (Lipinski definition) is 1. The molecule has 0 unspecified atom stereocenters. The van der Waals surface area contributed by atoms with E-state index >= 15 is 0 Å². The van der Waals surface area contributed by atoms with Gasteiger partial charge in [-0.15, -0.1) is 0 Å². The van der Waals surface area contributed by atoms with E-state index in [9.17, 15) is 9.59 Å². The summed E-state index contributed by atoms with van der Waals surface area (Å²) in [7, 11) is 0. The first-order chi connectivity index (χ1) is 8.66. The number of nitrogens with zero attached hydrogens (tertiary/aromatic N) is 2. The molecule has 1 aliphatic heterocycles. The van der Waals surface area contributed by atoms with Gasteiger partial charge in [-0.05, 0) is 31.9 Å². The van der Waals surface area contributed by atoms with E-state index in [-0.39, 0.29) is 17.7 Å². The Balaban J connectivity index is 1.86. The number of pyridine rings is 1. The van der Waals surface area contributed by atoms with Crippen LogP contribution in [0.25, 0.3) is 0 Å². The molecule has 0 radical (unpaired) electrons. The van der Waals surface area contributed by atoms with Crippen molar-refractivity contribution in [3.8, 4) is 0 Å². The monoisotopic (exact) mass is 247 g/mol. The van der Waals surface area contributed by atoms with Gasteiger partial charge < -0.3 is 10.2 Å². The van der Waals surface area contributed by atoms with E-state index in [0.29, 0.717) is 13.1 Å². The summed E-state index contributed by atoms with van der Waals surface area (Å²) < 4.78 is 0. The maximum Gasteiger partial charge on any atom is 0.321 e. The fourth-order valence-electron chi connectivity index (χ4n) is 2.13. The third-order valence-corrected chi connectivity index (χ3v) is 3.29. The summed E-state index contributed by atoms with van der Waals surface area (Å²) in [6.07, 6.45) is 4.80. The zero-order valence-electron chi connectivity index (χ0n) is 10.4. The third-order valence-electron chi connectivity index (χ3n) is 3.29. The Bertz CT molecular complexity index is 425. The van der Waals surface area contributed by atoms with Gasteiger partial charge in [0, 0.05) is 37.1 Å². The summed E-state index contributed by atoms with van der Waals surface area (Å²) in [6.45, 7) is 2.90. The molecule has 96 valence electrons. The summed E-state index contributed by atoms with van der Waals surface area (Å²) >= 11 is 0. The highest BCUT2D eigenvalue weighted by Gasteiger charge is 2.25. The SMILES string of the molecule is CC(=O)C1CCN(C(=O)Nc2ccncc2)CC1. The molecular weight excluding hydrogens is 230 g/mol. The van der Waals surface area contributed by atoms with E-state index in [1.165, 1.54) is 0 Å². The number of Topliss-reactive ketones (excluding diaryl/α,β-unsaturated/α-hetero) is 1. The number of rotatable bonds is 2. The first-order valence-electron chi connectivity index (χ1n) is 6.13.